The molecular formula is C22H23N5O4. The summed E-state index contributed by atoms with van der Waals surface area (Å²) in [6.07, 6.45) is 1.98. The highest BCUT2D eigenvalue weighted by atomic mass is 16.2. The minimum atomic E-state index is -0.450. The quantitative estimate of drug-likeness (QED) is 0.492. The molecule has 4 rings (SSSR count). The largest absolute Gasteiger partial charge is 0.362 e. The van der Waals surface area contributed by atoms with Crippen molar-refractivity contribution in [1.29, 1.82) is 0 Å². The molecule has 2 aliphatic heterocycles. The zero-order chi connectivity index (χ0) is 21.8. The van der Waals surface area contributed by atoms with Gasteiger partial charge < -0.3 is 10.2 Å². The number of rotatable bonds is 5. The predicted molar refractivity (Wildman–Crippen MR) is 113 cm³/mol. The average Bonchev–Trinajstić information content (AvgIpc) is 3.10. The summed E-state index contributed by atoms with van der Waals surface area (Å²) in [5.74, 6) is -1.04. The van der Waals surface area contributed by atoms with Crippen molar-refractivity contribution in [2.24, 2.45) is 0 Å². The average molecular weight is 421 g/mol. The van der Waals surface area contributed by atoms with Gasteiger partial charge in [-0.15, -0.1) is 0 Å². The van der Waals surface area contributed by atoms with Gasteiger partial charge in [0.25, 0.3) is 11.8 Å². The molecule has 2 heterocycles. The van der Waals surface area contributed by atoms with Gasteiger partial charge in [0.05, 0.1) is 19.6 Å². The number of carbonyl (C=O) groups excluding carboxylic acids is 4. The number of aryl methyl sites for hydroxylation is 1. The number of carbonyl (C=O) groups is 4. The van der Waals surface area contributed by atoms with E-state index in [-0.39, 0.29) is 31.4 Å². The van der Waals surface area contributed by atoms with Crippen LogP contribution in [0.15, 0.2) is 48.5 Å². The van der Waals surface area contributed by atoms with E-state index in [1.165, 1.54) is 5.56 Å². The Morgan fingerprint density at radius 2 is 1.77 bits per heavy atom. The number of nitrogens with zero attached hydrogens (tertiary/aromatic N) is 2. The van der Waals surface area contributed by atoms with Gasteiger partial charge in [0.15, 0.2) is 0 Å². The van der Waals surface area contributed by atoms with Crippen molar-refractivity contribution >= 4 is 29.4 Å². The molecule has 3 N–H and O–H groups in total. The lowest BCUT2D eigenvalue weighted by Crippen LogP contribution is -2.47. The lowest BCUT2D eigenvalue weighted by atomic mass is 10.0. The Labute approximate surface area is 179 Å². The molecule has 31 heavy (non-hydrogen) atoms. The number of para-hydroxylation sites is 1. The zero-order valence-corrected chi connectivity index (χ0v) is 16.9. The molecule has 0 unspecified atom stereocenters. The fourth-order valence-electron chi connectivity index (χ4n) is 3.75. The molecule has 0 spiro atoms. The Kier molecular flexibility index (Phi) is 5.83. The zero-order valence-electron chi connectivity index (χ0n) is 16.9. The van der Waals surface area contributed by atoms with Crippen LogP contribution < -0.4 is 21.1 Å². The van der Waals surface area contributed by atoms with E-state index < -0.39 is 11.9 Å². The van der Waals surface area contributed by atoms with Crippen molar-refractivity contribution in [2.45, 2.75) is 19.4 Å². The molecule has 1 saturated heterocycles. The maximum absolute atomic E-state index is 12.3. The van der Waals surface area contributed by atoms with Crippen LogP contribution in [-0.4, -0.2) is 48.3 Å². The summed E-state index contributed by atoms with van der Waals surface area (Å²) in [6.45, 7) is 1.09. The maximum Gasteiger partial charge on any atom is 0.324 e. The van der Waals surface area contributed by atoms with E-state index in [1.54, 1.807) is 24.3 Å². The van der Waals surface area contributed by atoms with Crippen molar-refractivity contribution in [3.63, 3.8) is 0 Å². The van der Waals surface area contributed by atoms with Crippen LogP contribution in [0.5, 0.6) is 0 Å². The number of hydrogen-bond acceptors (Lipinski definition) is 5. The number of anilines is 1. The minimum Gasteiger partial charge on any atom is -0.362 e. The highest BCUT2D eigenvalue weighted by molar-refractivity contribution is 6.02. The number of urea groups is 1. The summed E-state index contributed by atoms with van der Waals surface area (Å²) < 4.78 is 0. The van der Waals surface area contributed by atoms with Crippen LogP contribution in [0.1, 0.15) is 27.9 Å². The highest BCUT2D eigenvalue weighted by Crippen LogP contribution is 2.26. The molecule has 2 aromatic carbocycles. The monoisotopic (exact) mass is 421 g/mol. The first-order chi connectivity index (χ1) is 15.0. The van der Waals surface area contributed by atoms with Gasteiger partial charge in [0.1, 0.15) is 0 Å². The number of hydrazine groups is 1. The highest BCUT2D eigenvalue weighted by Gasteiger charge is 2.28. The minimum absolute atomic E-state index is 0.00202. The first-order valence-electron chi connectivity index (χ1n) is 10.1. The van der Waals surface area contributed by atoms with Gasteiger partial charge in [-0.3, -0.25) is 30.1 Å². The lowest BCUT2D eigenvalue weighted by molar-refractivity contribution is -0.125. The van der Waals surface area contributed by atoms with Gasteiger partial charge in [-0.25, -0.2) is 4.79 Å². The standard InChI is InChI=1S/C22H23N5O4/c28-19(14-26-11-3-5-16-4-1-2-6-18(16)26)24-25-21(30)17-9-7-15(8-10-17)13-27-20(29)12-23-22(27)31/h1-2,4,6-10H,3,5,11-14H2,(H,23,31)(H,24,28)(H,25,30). The number of benzene rings is 2. The van der Waals surface area contributed by atoms with Crippen LogP contribution in [0.4, 0.5) is 10.5 Å². The van der Waals surface area contributed by atoms with Crippen LogP contribution >= 0.6 is 0 Å². The van der Waals surface area contributed by atoms with E-state index in [9.17, 15) is 19.2 Å². The summed E-state index contributed by atoms with van der Waals surface area (Å²) in [5, 5.41) is 2.46. The van der Waals surface area contributed by atoms with Crippen LogP contribution in [0.2, 0.25) is 0 Å². The number of imide groups is 1. The van der Waals surface area contributed by atoms with E-state index >= 15 is 0 Å². The van der Waals surface area contributed by atoms with Crippen LogP contribution in [0.3, 0.4) is 0 Å². The topological polar surface area (TPSA) is 111 Å². The van der Waals surface area contributed by atoms with Crippen LogP contribution in [-0.2, 0) is 22.6 Å². The van der Waals surface area contributed by atoms with E-state index in [0.717, 1.165) is 35.5 Å². The molecule has 0 saturated carbocycles. The van der Waals surface area contributed by atoms with Crippen molar-refractivity contribution < 1.29 is 19.2 Å². The van der Waals surface area contributed by atoms with Crippen molar-refractivity contribution in [3.8, 4) is 0 Å². The second-order valence-corrected chi connectivity index (χ2v) is 7.49. The number of fused-ring (bicyclic) bond motifs is 1. The third-order valence-corrected chi connectivity index (χ3v) is 5.35. The van der Waals surface area contributed by atoms with E-state index in [1.807, 2.05) is 23.1 Å². The molecule has 9 nitrogen and oxygen atoms in total. The molecule has 0 atom stereocenters. The molecule has 5 amide bonds. The van der Waals surface area contributed by atoms with Gasteiger partial charge in [0.2, 0.25) is 5.91 Å². The maximum atomic E-state index is 12.3. The first kappa shape index (κ1) is 20.4. The fraction of sp³-hybridized carbons (Fsp3) is 0.273. The van der Waals surface area contributed by atoms with Gasteiger partial charge in [-0.1, -0.05) is 30.3 Å². The van der Waals surface area contributed by atoms with E-state index in [2.05, 4.69) is 22.2 Å². The SMILES string of the molecule is O=C(CN1CCCc2ccccc21)NNC(=O)c1ccc(CN2C(=O)CNC2=O)cc1. The van der Waals surface area contributed by atoms with Gasteiger partial charge >= 0.3 is 6.03 Å². The predicted octanol–water partition coefficient (Wildman–Crippen LogP) is 0.952. The number of nitrogens with one attached hydrogen (secondary N) is 3. The van der Waals surface area contributed by atoms with Gasteiger partial charge in [0, 0.05) is 17.8 Å². The summed E-state index contributed by atoms with van der Waals surface area (Å²) in [6, 6.07) is 14.1. The Hall–Kier alpha value is -3.88. The Morgan fingerprint density at radius 3 is 2.52 bits per heavy atom. The molecular weight excluding hydrogens is 398 g/mol. The Morgan fingerprint density at radius 1 is 1.00 bits per heavy atom. The molecule has 0 aromatic heterocycles. The molecule has 2 aromatic rings. The second-order valence-electron chi connectivity index (χ2n) is 7.49. The number of hydrogen-bond donors (Lipinski definition) is 3. The summed E-state index contributed by atoms with van der Waals surface area (Å²) in [5.41, 5.74) is 8.22. The van der Waals surface area contributed by atoms with Crippen LogP contribution in [0.25, 0.3) is 0 Å². The van der Waals surface area contributed by atoms with Crippen molar-refractivity contribution in [1.82, 2.24) is 21.1 Å². The molecule has 160 valence electrons. The third kappa shape index (κ3) is 4.66. The summed E-state index contributed by atoms with van der Waals surface area (Å²) in [4.78, 5) is 51.0. The van der Waals surface area contributed by atoms with Crippen LogP contribution in [0, 0.1) is 0 Å². The van der Waals surface area contributed by atoms with Crippen molar-refractivity contribution in [3.05, 3.63) is 65.2 Å². The summed E-state index contributed by atoms with van der Waals surface area (Å²) in [7, 11) is 0. The molecule has 0 bridgehead atoms. The van der Waals surface area contributed by atoms with Crippen molar-refractivity contribution in [2.75, 3.05) is 24.5 Å². The lowest BCUT2D eigenvalue weighted by Gasteiger charge is -2.30. The van der Waals surface area contributed by atoms with E-state index in [0.29, 0.717) is 5.56 Å². The molecule has 0 aliphatic carbocycles. The van der Waals surface area contributed by atoms with Gasteiger partial charge in [-0.05, 0) is 42.2 Å². The normalized spacial score (nSPS) is 15.4. The Bertz CT molecular complexity index is 1000. The number of amides is 5. The second kappa shape index (κ2) is 8.86. The molecule has 1 fully saturated rings. The summed E-state index contributed by atoms with van der Waals surface area (Å²) >= 11 is 0. The fourth-order valence-corrected chi connectivity index (χ4v) is 3.75. The molecule has 9 heteroatoms. The smallest absolute Gasteiger partial charge is 0.324 e. The van der Waals surface area contributed by atoms with Gasteiger partial charge in [-0.2, -0.15) is 0 Å². The Balaban J connectivity index is 1.28. The third-order valence-electron chi connectivity index (χ3n) is 5.35. The first-order valence-corrected chi connectivity index (χ1v) is 10.1. The molecule has 2 aliphatic rings. The van der Waals surface area contributed by atoms with E-state index in [4.69, 9.17) is 0 Å². The molecule has 0 radical (unpaired) electrons.